The summed E-state index contributed by atoms with van der Waals surface area (Å²) in [5.74, 6) is 0.329. The number of ether oxygens (including phenoxy) is 1. The Morgan fingerprint density at radius 1 is 1.06 bits per heavy atom. The Morgan fingerprint density at radius 3 is 2.42 bits per heavy atom. The highest BCUT2D eigenvalue weighted by atomic mass is 35.5. The summed E-state index contributed by atoms with van der Waals surface area (Å²) in [5, 5.41) is 15.7. The van der Waals surface area contributed by atoms with Crippen LogP contribution in [0.1, 0.15) is 16.7 Å². The third-order valence-electron chi connectivity index (χ3n) is 4.20. The van der Waals surface area contributed by atoms with E-state index < -0.39 is 4.92 Å². The van der Waals surface area contributed by atoms with Crippen molar-refractivity contribution in [1.82, 2.24) is 5.43 Å². The quantitative estimate of drug-likeness (QED) is 0.286. The molecule has 3 aromatic rings. The molecule has 0 unspecified atom stereocenters. The van der Waals surface area contributed by atoms with E-state index >= 15 is 0 Å². The van der Waals surface area contributed by atoms with Crippen LogP contribution in [0.25, 0.3) is 0 Å². The summed E-state index contributed by atoms with van der Waals surface area (Å²) in [6, 6.07) is 18.2. The molecule has 0 spiro atoms. The zero-order valence-electron chi connectivity index (χ0n) is 16.1. The standard InChI is InChI=1S/C22H17Cl2N3O4/c23-18-6-5-17(21(24)12-18)14-31-20-9-3-16(4-10-20)13-25-26-22(28)11-15-1-7-19(8-2-15)27(29)30/h1-10,12-13H,11,14H2,(H,26,28)/b25-13-. The van der Waals surface area contributed by atoms with Gasteiger partial charge < -0.3 is 4.74 Å². The van der Waals surface area contributed by atoms with Crippen LogP contribution in [0.4, 0.5) is 5.69 Å². The Kier molecular flexibility index (Phi) is 7.59. The number of amides is 1. The van der Waals surface area contributed by atoms with Gasteiger partial charge in [-0.15, -0.1) is 0 Å². The third kappa shape index (κ3) is 6.80. The molecule has 0 aliphatic rings. The molecule has 1 amide bonds. The minimum Gasteiger partial charge on any atom is -0.489 e. The molecule has 0 fully saturated rings. The Morgan fingerprint density at radius 2 is 1.77 bits per heavy atom. The molecule has 158 valence electrons. The Labute approximate surface area is 188 Å². The summed E-state index contributed by atoms with van der Waals surface area (Å²) in [4.78, 5) is 22.1. The van der Waals surface area contributed by atoms with E-state index in [1.807, 2.05) is 6.07 Å². The van der Waals surface area contributed by atoms with E-state index in [0.29, 0.717) is 28.0 Å². The van der Waals surface area contributed by atoms with Gasteiger partial charge in [-0.25, -0.2) is 5.43 Å². The fourth-order valence-electron chi connectivity index (χ4n) is 2.59. The molecular weight excluding hydrogens is 441 g/mol. The average Bonchev–Trinajstić information content (AvgIpc) is 2.74. The number of hydrazone groups is 1. The van der Waals surface area contributed by atoms with Gasteiger partial charge in [0.05, 0.1) is 17.6 Å². The maximum Gasteiger partial charge on any atom is 0.269 e. The van der Waals surface area contributed by atoms with Crippen LogP contribution < -0.4 is 10.2 Å². The van der Waals surface area contributed by atoms with E-state index in [4.69, 9.17) is 27.9 Å². The van der Waals surface area contributed by atoms with E-state index in [1.54, 1.807) is 36.4 Å². The fourth-order valence-corrected chi connectivity index (χ4v) is 3.05. The maximum absolute atomic E-state index is 11.9. The molecule has 0 aromatic heterocycles. The largest absolute Gasteiger partial charge is 0.489 e. The van der Waals surface area contributed by atoms with Gasteiger partial charge in [0.2, 0.25) is 5.91 Å². The number of non-ortho nitro benzene ring substituents is 1. The number of nitrogens with zero attached hydrogens (tertiary/aromatic N) is 2. The number of carbonyl (C=O) groups is 1. The molecule has 0 heterocycles. The van der Waals surface area contributed by atoms with Crippen molar-refractivity contribution in [2.24, 2.45) is 5.10 Å². The van der Waals surface area contributed by atoms with Crippen LogP contribution in [-0.4, -0.2) is 17.0 Å². The lowest BCUT2D eigenvalue weighted by Crippen LogP contribution is -2.19. The molecule has 0 saturated heterocycles. The normalized spacial score (nSPS) is 10.8. The van der Waals surface area contributed by atoms with Crippen LogP contribution in [0, 0.1) is 10.1 Å². The lowest BCUT2D eigenvalue weighted by Gasteiger charge is -2.08. The summed E-state index contributed by atoms with van der Waals surface area (Å²) in [5.41, 5.74) is 4.66. The third-order valence-corrected chi connectivity index (χ3v) is 4.79. The number of hydrogen-bond donors (Lipinski definition) is 1. The first-order valence-electron chi connectivity index (χ1n) is 9.13. The van der Waals surface area contributed by atoms with Gasteiger partial charge in [-0.2, -0.15) is 5.10 Å². The number of rotatable bonds is 8. The molecule has 1 N–H and O–H groups in total. The van der Waals surface area contributed by atoms with Gasteiger partial charge in [0.15, 0.2) is 0 Å². The molecule has 0 aliphatic carbocycles. The van der Waals surface area contributed by atoms with Gasteiger partial charge in [-0.3, -0.25) is 14.9 Å². The van der Waals surface area contributed by atoms with Crippen LogP contribution in [0.15, 0.2) is 71.8 Å². The Balaban J connectivity index is 1.47. The van der Waals surface area contributed by atoms with Gasteiger partial charge >= 0.3 is 0 Å². The van der Waals surface area contributed by atoms with Gasteiger partial charge in [0, 0.05) is 27.7 Å². The van der Waals surface area contributed by atoms with Crippen molar-refractivity contribution in [1.29, 1.82) is 0 Å². The number of carbonyl (C=O) groups excluding carboxylic acids is 1. The van der Waals surface area contributed by atoms with Gasteiger partial charge in [-0.1, -0.05) is 41.4 Å². The SMILES string of the molecule is O=C(Cc1ccc([N+](=O)[O-])cc1)N/N=C\c1ccc(OCc2ccc(Cl)cc2Cl)cc1. The van der Waals surface area contributed by atoms with Crippen LogP contribution in [-0.2, 0) is 17.8 Å². The summed E-state index contributed by atoms with van der Waals surface area (Å²) < 4.78 is 5.72. The maximum atomic E-state index is 11.9. The van der Waals surface area contributed by atoms with Crippen molar-refractivity contribution >= 4 is 41.0 Å². The van der Waals surface area contributed by atoms with Crippen LogP contribution in [0.3, 0.4) is 0 Å². The van der Waals surface area contributed by atoms with E-state index in [1.165, 1.54) is 30.5 Å². The molecule has 0 bridgehead atoms. The van der Waals surface area contributed by atoms with E-state index in [2.05, 4.69) is 10.5 Å². The van der Waals surface area contributed by atoms with Crippen molar-refractivity contribution in [2.75, 3.05) is 0 Å². The van der Waals surface area contributed by atoms with Gasteiger partial charge in [0.25, 0.3) is 5.69 Å². The van der Waals surface area contributed by atoms with E-state index in [-0.39, 0.29) is 18.0 Å². The second kappa shape index (κ2) is 10.6. The lowest BCUT2D eigenvalue weighted by atomic mass is 10.1. The van der Waals surface area contributed by atoms with Gasteiger partial charge in [-0.05, 0) is 47.5 Å². The minimum atomic E-state index is -0.489. The first-order chi connectivity index (χ1) is 14.9. The Hall–Kier alpha value is -3.42. The second-order valence-electron chi connectivity index (χ2n) is 6.49. The second-order valence-corrected chi connectivity index (χ2v) is 7.33. The van der Waals surface area contributed by atoms with Gasteiger partial charge in [0.1, 0.15) is 12.4 Å². The molecule has 3 rings (SSSR count). The summed E-state index contributed by atoms with van der Waals surface area (Å²) in [7, 11) is 0. The van der Waals surface area contributed by atoms with Crippen molar-refractivity contribution < 1.29 is 14.5 Å². The van der Waals surface area contributed by atoms with Crippen molar-refractivity contribution in [3.63, 3.8) is 0 Å². The zero-order valence-corrected chi connectivity index (χ0v) is 17.6. The van der Waals surface area contributed by atoms with Crippen LogP contribution in [0.5, 0.6) is 5.75 Å². The molecule has 0 radical (unpaired) electrons. The number of nitro groups is 1. The predicted octanol–water partition coefficient (Wildman–Crippen LogP) is 5.17. The van der Waals surface area contributed by atoms with E-state index in [0.717, 1.165) is 11.1 Å². The van der Waals surface area contributed by atoms with Crippen LogP contribution >= 0.6 is 23.2 Å². The minimum absolute atomic E-state index is 0.0223. The van der Waals surface area contributed by atoms with Crippen LogP contribution in [0.2, 0.25) is 10.0 Å². The molecule has 3 aromatic carbocycles. The predicted molar refractivity (Wildman–Crippen MR) is 120 cm³/mol. The number of nitro benzene ring substituents is 1. The first-order valence-corrected chi connectivity index (χ1v) is 9.88. The first kappa shape index (κ1) is 22.3. The molecule has 0 aliphatic heterocycles. The summed E-state index contributed by atoms with van der Waals surface area (Å²) >= 11 is 12.0. The average molecular weight is 458 g/mol. The highest BCUT2D eigenvalue weighted by Gasteiger charge is 2.07. The highest BCUT2D eigenvalue weighted by Crippen LogP contribution is 2.22. The topological polar surface area (TPSA) is 93.8 Å². The molecule has 7 nitrogen and oxygen atoms in total. The number of nitrogens with one attached hydrogen (secondary N) is 1. The number of benzene rings is 3. The lowest BCUT2D eigenvalue weighted by molar-refractivity contribution is -0.384. The van der Waals surface area contributed by atoms with Crippen molar-refractivity contribution in [3.8, 4) is 5.75 Å². The summed E-state index contributed by atoms with van der Waals surface area (Å²) in [6.45, 7) is 0.308. The molecule has 31 heavy (non-hydrogen) atoms. The van der Waals surface area contributed by atoms with E-state index in [9.17, 15) is 14.9 Å². The molecule has 9 heteroatoms. The van der Waals surface area contributed by atoms with Crippen molar-refractivity contribution in [2.45, 2.75) is 13.0 Å². The molecule has 0 atom stereocenters. The fraction of sp³-hybridized carbons (Fsp3) is 0.0909. The molecular formula is C22H17Cl2N3O4. The number of hydrogen-bond acceptors (Lipinski definition) is 5. The summed E-state index contributed by atoms with van der Waals surface area (Å²) in [6.07, 6.45) is 1.57. The monoisotopic (exact) mass is 457 g/mol. The Bertz CT molecular complexity index is 1100. The smallest absolute Gasteiger partial charge is 0.269 e. The number of halogens is 2. The molecule has 0 saturated carbocycles. The highest BCUT2D eigenvalue weighted by molar-refractivity contribution is 6.35. The van der Waals surface area contributed by atoms with Crippen molar-refractivity contribution in [3.05, 3.63) is 104 Å². The zero-order chi connectivity index (χ0) is 22.2.